The molecule has 1 heterocycles. The lowest BCUT2D eigenvalue weighted by molar-refractivity contribution is -0.136. The van der Waals surface area contributed by atoms with Crippen LogP contribution in [0.4, 0.5) is 16.2 Å². The van der Waals surface area contributed by atoms with E-state index in [2.05, 4.69) is 29.4 Å². The van der Waals surface area contributed by atoms with Crippen molar-refractivity contribution in [2.24, 2.45) is 0 Å². The minimum Gasteiger partial charge on any atom is -0.481 e. The van der Waals surface area contributed by atoms with Gasteiger partial charge in [0.1, 0.15) is 0 Å². The van der Waals surface area contributed by atoms with E-state index >= 15 is 0 Å². The van der Waals surface area contributed by atoms with Gasteiger partial charge in [-0.25, -0.2) is 4.79 Å². The number of urea groups is 1. The van der Waals surface area contributed by atoms with Crippen LogP contribution in [-0.2, 0) is 24.1 Å². The van der Waals surface area contributed by atoms with Crippen LogP contribution in [0.5, 0.6) is 0 Å². The maximum Gasteiger partial charge on any atom is 0.326 e. The number of amides is 2. The second-order valence-electron chi connectivity index (χ2n) is 7.34. The Bertz CT molecular complexity index is 849. The zero-order valence-corrected chi connectivity index (χ0v) is 16.4. The third kappa shape index (κ3) is 5.10. The molecule has 0 bridgehead atoms. The van der Waals surface area contributed by atoms with E-state index in [1.807, 2.05) is 18.2 Å². The summed E-state index contributed by atoms with van der Waals surface area (Å²) in [5.74, 6) is -0.814. The summed E-state index contributed by atoms with van der Waals surface area (Å²) in [7, 11) is 3.90. The number of carboxylic acid groups (broad SMARTS) is 1. The van der Waals surface area contributed by atoms with E-state index in [4.69, 9.17) is 5.11 Å². The summed E-state index contributed by atoms with van der Waals surface area (Å²) in [6.07, 6.45) is 2.61. The van der Waals surface area contributed by atoms with Crippen molar-refractivity contribution in [1.82, 2.24) is 4.90 Å². The van der Waals surface area contributed by atoms with Crippen LogP contribution < -0.4 is 10.2 Å². The average Bonchev–Trinajstić information content (AvgIpc) is 2.88. The van der Waals surface area contributed by atoms with Crippen molar-refractivity contribution in [3.8, 4) is 0 Å². The van der Waals surface area contributed by atoms with Gasteiger partial charge in [-0.05, 0) is 67.3 Å². The van der Waals surface area contributed by atoms with E-state index in [-0.39, 0.29) is 12.5 Å². The summed E-state index contributed by atoms with van der Waals surface area (Å²) in [6, 6.07) is 13.3. The van der Waals surface area contributed by atoms with Gasteiger partial charge in [-0.3, -0.25) is 9.69 Å². The van der Waals surface area contributed by atoms with Gasteiger partial charge in [-0.2, -0.15) is 0 Å². The molecule has 2 aromatic rings. The van der Waals surface area contributed by atoms with Gasteiger partial charge in [0.2, 0.25) is 0 Å². The monoisotopic (exact) mass is 381 g/mol. The smallest absolute Gasteiger partial charge is 0.326 e. The molecule has 2 N–H and O–H groups in total. The molecule has 1 aliphatic heterocycles. The Balaban J connectivity index is 1.64. The molecular weight excluding hydrogens is 354 g/mol. The van der Waals surface area contributed by atoms with Crippen LogP contribution in [0.15, 0.2) is 42.5 Å². The standard InChI is InChI=1S/C22H27N3O3/c1-24-13-11-17-6-9-20(15-18(17)12-14-24)25(2)22(28)23-19-7-3-16(4-8-19)5-10-21(26)27/h3-4,6-9,15H,5,10-14H2,1-2H3,(H,23,28)(H,26,27). The Kier molecular flexibility index (Phi) is 6.31. The number of nitrogens with one attached hydrogen (secondary N) is 1. The lowest BCUT2D eigenvalue weighted by Gasteiger charge is -2.20. The lowest BCUT2D eigenvalue weighted by atomic mass is 10.0. The summed E-state index contributed by atoms with van der Waals surface area (Å²) in [5, 5.41) is 11.6. The third-order valence-electron chi connectivity index (χ3n) is 5.24. The number of benzene rings is 2. The predicted molar refractivity (Wildman–Crippen MR) is 111 cm³/mol. The molecule has 0 atom stereocenters. The zero-order chi connectivity index (χ0) is 20.1. The van der Waals surface area contributed by atoms with Gasteiger partial charge >= 0.3 is 12.0 Å². The van der Waals surface area contributed by atoms with Crippen LogP contribution in [0.3, 0.4) is 0 Å². The molecule has 0 aromatic heterocycles. The number of nitrogens with zero attached hydrogens (tertiary/aromatic N) is 2. The van der Waals surface area contributed by atoms with Crippen molar-refractivity contribution >= 4 is 23.4 Å². The first kappa shape index (κ1) is 19.9. The van der Waals surface area contributed by atoms with Crippen molar-refractivity contribution in [3.63, 3.8) is 0 Å². The minimum absolute atomic E-state index is 0.0998. The lowest BCUT2D eigenvalue weighted by Crippen LogP contribution is -2.31. The van der Waals surface area contributed by atoms with Gasteiger partial charge in [0, 0.05) is 37.9 Å². The Labute approximate surface area is 165 Å². The van der Waals surface area contributed by atoms with Gasteiger partial charge in [0.25, 0.3) is 0 Å². The highest BCUT2D eigenvalue weighted by atomic mass is 16.4. The van der Waals surface area contributed by atoms with Crippen molar-refractivity contribution in [3.05, 3.63) is 59.2 Å². The number of carbonyl (C=O) groups excluding carboxylic acids is 1. The second kappa shape index (κ2) is 8.89. The van der Waals surface area contributed by atoms with Gasteiger partial charge in [-0.1, -0.05) is 18.2 Å². The first-order valence-corrected chi connectivity index (χ1v) is 9.58. The van der Waals surface area contributed by atoms with Crippen molar-refractivity contribution < 1.29 is 14.7 Å². The number of fused-ring (bicyclic) bond motifs is 1. The van der Waals surface area contributed by atoms with Crippen molar-refractivity contribution in [1.29, 1.82) is 0 Å². The second-order valence-corrected chi connectivity index (χ2v) is 7.34. The molecule has 2 amide bonds. The van der Waals surface area contributed by atoms with Gasteiger partial charge in [0.15, 0.2) is 0 Å². The third-order valence-corrected chi connectivity index (χ3v) is 5.24. The summed E-state index contributed by atoms with van der Waals surface area (Å²) >= 11 is 0. The maximum absolute atomic E-state index is 12.6. The molecule has 0 radical (unpaired) electrons. The molecule has 28 heavy (non-hydrogen) atoms. The van der Waals surface area contributed by atoms with E-state index in [1.165, 1.54) is 11.1 Å². The zero-order valence-electron chi connectivity index (χ0n) is 16.4. The number of rotatable bonds is 5. The molecule has 0 saturated carbocycles. The molecular formula is C22H27N3O3. The molecule has 2 aromatic carbocycles. The highest BCUT2D eigenvalue weighted by Gasteiger charge is 2.16. The Morgan fingerprint density at radius 3 is 2.43 bits per heavy atom. The van der Waals surface area contributed by atoms with Crippen LogP contribution in [0, 0.1) is 0 Å². The first-order valence-electron chi connectivity index (χ1n) is 9.58. The van der Waals surface area contributed by atoms with E-state index in [0.29, 0.717) is 12.1 Å². The number of anilines is 2. The summed E-state index contributed by atoms with van der Waals surface area (Å²) < 4.78 is 0. The fourth-order valence-corrected chi connectivity index (χ4v) is 3.36. The highest BCUT2D eigenvalue weighted by Crippen LogP contribution is 2.23. The van der Waals surface area contributed by atoms with Gasteiger partial charge in [0.05, 0.1) is 0 Å². The summed E-state index contributed by atoms with van der Waals surface area (Å²) in [6.45, 7) is 2.09. The quantitative estimate of drug-likeness (QED) is 0.833. The van der Waals surface area contributed by atoms with E-state index < -0.39 is 5.97 Å². The molecule has 6 heteroatoms. The van der Waals surface area contributed by atoms with Crippen LogP contribution >= 0.6 is 0 Å². The normalized spacial score (nSPS) is 14.1. The number of hydrogen-bond donors (Lipinski definition) is 2. The number of carbonyl (C=O) groups is 2. The summed E-state index contributed by atoms with van der Waals surface area (Å²) in [5.41, 5.74) is 5.17. The van der Waals surface area contributed by atoms with E-state index in [0.717, 1.165) is 37.2 Å². The number of aryl methyl sites for hydroxylation is 1. The summed E-state index contributed by atoms with van der Waals surface area (Å²) in [4.78, 5) is 27.2. The van der Waals surface area contributed by atoms with Crippen molar-refractivity contribution in [2.75, 3.05) is 37.4 Å². The average molecular weight is 381 g/mol. The van der Waals surface area contributed by atoms with Crippen molar-refractivity contribution in [2.45, 2.75) is 25.7 Å². The Morgan fingerprint density at radius 1 is 1.07 bits per heavy atom. The van der Waals surface area contributed by atoms with Gasteiger partial charge < -0.3 is 15.3 Å². The molecule has 3 rings (SSSR count). The predicted octanol–water partition coefficient (Wildman–Crippen LogP) is 3.40. The number of hydrogen-bond acceptors (Lipinski definition) is 3. The first-order chi connectivity index (χ1) is 13.4. The minimum atomic E-state index is -0.814. The van der Waals surface area contributed by atoms with Crippen LogP contribution in [0.1, 0.15) is 23.1 Å². The maximum atomic E-state index is 12.6. The molecule has 6 nitrogen and oxygen atoms in total. The number of carboxylic acids is 1. The van der Waals surface area contributed by atoms with E-state index in [9.17, 15) is 9.59 Å². The molecule has 0 saturated heterocycles. The molecule has 0 fully saturated rings. The Morgan fingerprint density at radius 2 is 1.75 bits per heavy atom. The molecule has 148 valence electrons. The number of likely N-dealkylation sites (N-methyl/N-ethyl adjacent to an activating group) is 1. The largest absolute Gasteiger partial charge is 0.481 e. The fourth-order valence-electron chi connectivity index (χ4n) is 3.36. The van der Waals surface area contributed by atoms with Gasteiger partial charge in [-0.15, -0.1) is 0 Å². The molecule has 0 aliphatic carbocycles. The van der Waals surface area contributed by atoms with Crippen LogP contribution in [0.25, 0.3) is 0 Å². The molecule has 1 aliphatic rings. The van der Waals surface area contributed by atoms with E-state index in [1.54, 1.807) is 24.1 Å². The number of aliphatic carboxylic acids is 1. The SMILES string of the molecule is CN1CCc2ccc(N(C)C(=O)Nc3ccc(CCC(=O)O)cc3)cc2CC1. The molecule has 0 unspecified atom stereocenters. The topological polar surface area (TPSA) is 72.9 Å². The van der Waals surface area contributed by atoms with Crippen LogP contribution in [-0.4, -0.2) is 49.2 Å². The molecule has 0 spiro atoms. The highest BCUT2D eigenvalue weighted by molar-refractivity contribution is 6.01. The Hall–Kier alpha value is -2.86. The van der Waals surface area contributed by atoms with Crippen LogP contribution in [0.2, 0.25) is 0 Å². The fraction of sp³-hybridized carbons (Fsp3) is 0.364.